The minimum Gasteiger partial charge on any atom is -0.467 e. The van der Waals surface area contributed by atoms with Gasteiger partial charge in [-0.2, -0.15) is 11.3 Å². The molecule has 20 heavy (non-hydrogen) atoms. The van der Waals surface area contributed by atoms with E-state index in [9.17, 15) is 4.79 Å². The van der Waals surface area contributed by atoms with Crippen LogP contribution in [0.15, 0.2) is 39.6 Å². The van der Waals surface area contributed by atoms with Crippen LogP contribution in [0.1, 0.15) is 38.5 Å². The van der Waals surface area contributed by atoms with Crippen LogP contribution < -0.4 is 0 Å². The molecule has 0 saturated carbocycles. The molecule has 2 aromatic rings. The van der Waals surface area contributed by atoms with Crippen molar-refractivity contribution in [2.45, 2.75) is 40.3 Å². The Kier molecular flexibility index (Phi) is 4.65. The number of hydrogen-bond donors (Lipinski definition) is 0. The first kappa shape index (κ1) is 14.9. The monoisotopic (exact) mass is 291 g/mol. The third-order valence-electron chi connectivity index (χ3n) is 2.91. The number of amides is 1. The van der Waals surface area contributed by atoms with Gasteiger partial charge in [0.05, 0.1) is 12.8 Å². The molecule has 0 bridgehead atoms. The van der Waals surface area contributed by atoms with Crippen molar-refractivity contribution in [3.63, 3.8) is 0 Å². The van der Waals surface area contributed by atoms with Crippen LogP contribution in [-0.4, -0.2) is 10.8 Å². The van der Waals surface area contributed by atoms with E-state index < -0.39 is 0 Å². The molecule has 0 radical (unpaired) electrons. The fourth-order valence-corrected chi connectivity index (χ4v) is 2.65. The Morgan fingerprint density at radius 2 is 2.10 bits per heavy atom. The summed E-state index contributed by atoms with van der Waals surface area (Å²) in [7, 11) is 0. The van der Waals surface area contributed by atoms with Gasteiger partial charge in [-0.25, -0.2) is 0 Å². The molecule has 0 aliphatic rings. The Morgan fingerprint density at radius 3 is 2.65 bits per heavy atom. The number of carbonyl (C=O) groups is 1. The van der Waals surface area contributed by atoms with E-state index in [2.05, 4.69) is 32.2 Å². The molecule has 0 aliphatic carbocycles. The summed E-state index contributed by atoms with van der Waals surface area (Å²) >= 11 is 1.65. The largest absolute Gasteiger partial charge is 0.467 e. The van der Waals surface area contributed by atoms with Gasteiger partial charge in [-0.3, -0.25) is 4.79 Å². The third-order valence-corrected chi connectivity index (χ3v) is 3.65. The van der Waals surface area contributed by atoms with Crippen molar-refractivity contribution < 1.29 is 9.21 Å². The second-order valence-corrected chi connectivity index (χ2v) is 6.98. The molecule has 0 aromatic carbocycles. The Bertz CT molecular complexity index is 487. The van der Waals surface area contributed by atoms with E-state index in [1.165, 1.54) is 5.56 Å². The molecule has 0 aliphatic heterocycles. The molecule has 4 heteroatoms. The fraction of sp³-hybridized carbons (Fsp3) is 0.438. The predicted octanol–water partition coefficient (Wildman–Crippen LogP) is 4.31. The Morgan fingerprint density at radius 1 is 1.30 bits per heavy atom. The van der Waals surface area contributed by atoms with Gasteiger partial charge in [-0.05, 0) is 39.9 Å². The summed E-state index contributed by atoms with van der Waals surface area (Å²) in [5.41, 5.74) is 1.16. The molecule has 2 aromatic heterocycles. The summed E-state index contributed by atoms with van der Waals surface area (Å²) in [5, 5.41) is 4.12. The maximum atomic E-state index is 12.5. The van der Waals surface area contributed by atoms with Crippen LogP contribution in [0.2, 0.25) is 0 Å². The van der Waals surface area contributed by atoms with Gasteiger partial charge in [0, 0.05) is 13.0 Å². The van der Waals surface area contributed by atoms with Crippen LogP contribution in [0.3, 0.4) is 0 Å². The van der Waals surface area contributed by atoms with Crippen LogP contribution in [0.4, 0.5) is 0 Å². The van der Waals surface area contributed by atoms with Crippen LogP contribution >= 0.6 is 11.3 Å². The SMILES string of the molecule is CC(C)(C)CC(=O)N(Cc1ccsc1)Cc1ccco1. The average Bonchev–Trinajstić information content (AvgIpc) is 2.98. The maximum Gasteiger partial charge on any atom is 0.223 e. The van der Waals surface area contributed by atoms with Crippen LogP contribution in [0.25, 0.3) is 0 Å². The number of carbonyl (C=O) groups excluding carboxylic acids is 1. The van der Waals surface area contributed by atoms with Crippen LogP contribution in [-0.2, 0) is 17.9 Å². The molecule has 108 valence electrons. The van der Waals surface area contributed by atoms with Gasteiger partial charge in [-0.15, -0.1) is 0 Å². The number of hydrogen-bond acceptors (Lipinski definition) is 3. The minimum absolute atomic E-state index is 0.00680. The molecule has 0 fully saturated rings. The van der Waals surface area contributed by atoms with Crippen molar-refractivity contribution >= 4 is 17.2 Å². The molecule has 0 saturated heterocycles. The highest BCUT2D eigenvalue weighted by Crippen LogP contribution is 2.22. The van der Waals surface area contributed by atoms with Crippen molar-refractivity contribution in [1.29, 1.82) is 0 Å². The quantitative estimate of drug-likeness (QED) is 0.822. The molecule has 0 N–H and O–H groups in total. The van der Waals surface area contributed by atoms with E-state index in [0.717, 1.165) is 5.76 Å². The van der Waals surface area contributed by atoms with Crippen molar-refractivity contribution in [3.8, 4) is 0 Å². The van der Waals surface area contributed by atoms with E-state index in [-0.39, 0.29) is 11.3 Å². The van der Waals surface area contributed by atoms with E-state index >= 15 is 0 Å². The Balaban J connectivity index is 2.08. The molecular formula is C16H21NO2S. The average molecular weight is 291 g/mol. The first-order valence-corrected chi connectivity index (χ1v) is 7.69. The maximum absolute atomic E-state index is 12.5. The van der Waals surface area contributed by atoms with Gasteiger partial charge < -0.3 is 9.32 Å². The standard InChI is InChI=1S/C16H21NO2S/c1-16(2,3)9-15(18)17(10-13-6-8-20-12-13)11-14-5-4-7-19-14/h4-8,12H,9-11H2,1-3H3. The molecular weight excluding hydrogens is 270 g/mol. The zero-order chi connectivity index (χ0) is 14.6. The number of furan rings is 1. The van der Waals surface area contributed by atoms with Crippen LogP contribution in [0.5, 0.6) is 0 Å². The van der Waals surface area contributed by atoms with E-state index in [1.54, 1.807) is 17.6 Å². The molecule has 2 rings (SSSR count). The van der Waals surface area contributed by atoms with Gasteiger partial charge in [-0.1, -0.05) is 20.8 Å². The molecule has 0 spiro atoms. The summed E-state index contributed by atoms with van der Waals surface area (Å²) < 4.78 is 5.37. The van der Waals surface area contributed by atoms with Gasteiger partial charge in [0.1, 0.15) is 5.76 Å². The highest BCUT2D eigenvalue weighted by Gasteiger charge is 2.22. The molecule has 1 amide bonds. The van der Waals surface area contributed by atoms with Crippen LogP contribution in [0, 0.1) is 5.41 Å². The van der Waals surface area contributed by atoms with Gasteiger partial charge in [0.2, 0.25) is 5.91 Å². The summed E-state index contributed by atoms with van der Waals surface area (Å²) in [6.45, 7) is 7.42. The number of nitrogens with zero attached hydrogens (tertiary/aromatic N) is 1. The second kappa shape index (κ2) is 6.27. The number of thiophene rings is 1. The fourth-order valence-electron chi connectivity index (χ4n) is 1.99. The normalized spacial score (nSPS) is 11.6. The molecule has 0 atom stereocenters. The van der Waals surface area contributed by atoms with Crippen molar-refractivity contribution in [2.75, 3.05) is 0 Å². The smallest absolute Gasteiger partial charge is 0.223 e. The summed E-state index contributed by atoms with van der Waals surface area (Å²) in [4.78, 5) is 14.4. The Hall–Kier alpha value is -1.55. The molecule has 3 nitrogen and oxygen atoms in total. The van der Waals surface area contributed by atoms with Crippen molar-refractivity contribution in [3.05, 3.63) is 46.5 Å². The highest BCUT2D eigenvalue weighted by molar-refractivity contribution is 7.07. The predicted molar refractivity (Wildman–Crippen MR) is 81.4 cm³/mol. The van der Waals surface area contributed by atoms with Crippen molar-refractivity contribution in [2.24, 2.45) is 5.41 Å². The minimum atomic E-state index is -0.00680. The first-order chi connectivity index (χ1) is 9.44. The third kappa shape index (κ3) is 4.53. The summed E-state index contributed by atoms with van der Waals surface area (Å²) in [6, 6.07) is 5.82. The second-order valence-electron chi connectivity index (χ2n) is 6.20. The molecule has 2 heterocycles. The lowest BCUT2D eigenvalue weighted by Crippen LogP contribution is -2.32. The lowest BCUT2D eigenvalue weighted by atomic mass is 9.91. The first-order valence-electron chi connectivity index (χ1n) is 6.75. The van der Waals surface area contributed by atoms with E-state index in [1.807, 2.05) is 22.4 Å². The van der Waals surface area contributed by atoms with E-state index in [4.69, 9.17) is 4.42 Å². The number of rotatable bonds is 5. The zero-order valence-corrected chi connectivity index (χ0v) is 13.1. The lowest BCUT2D eigenvalue weighted by molar-refractivity contribution is -0.134. The summed E-state index contributed by atoms with van der Waals surface area (Å²) in [6.07, 6.45) is 2.18. The molecule has 0 unspecified atom stereocenters. The summed E-state index contributed by atoms with van der Waals surface area (Å²) in [5.74, 6) is 0.989. The zero-order valence-electron chi connectivity index (χ0n) is 12.3. The topological polar surface area (TPSA) is 33.5 Å². The van der Waals surface area contributed by atoms with Crippen molar-refractivity contribution in [1.82, 2.24) is 4.90 Å². The highest BCUT2D eigenvalue weighted by atomic mass is 32.1. The van der Waals surface area contributed by atoms with E-state index in [0.29, 0.717) is 19.5 Å². The lowest BCUT2D eigenvalue weighted by Gasteiger charge is -2.26. The van der Waals surface area contributed by atoms with Gasteiger partial charge in [0.15, 0.2) is 0 Å². The van der Waals surface area contributed by atoms with Gasteiger partial charge >= 0.3 is 0 Å². The Labute approximate surface area is 124 Å². The van der Waals surface area contributed by atoms with Gasteiger partial charge in [0.25, 0.3) is 0 Å².